The van der Waals surface area contributed by atoms with Crippen molar-refractivity contribution in [2.24, 2.45) is 23.2 Å². The second-order valence-electron chi connectivity index (χ2n) is 8.10. The van der Waals surface area contributed by atoms with Crippen LogP contribution in [0.15, 0.2) is 18.2 Å². The van der Waals surface area contributed by atoms with Crippen LogP contribution in [0.2, 0.25) is 0 Å². The van der Waals surface area contributed by atoms with E-state index in [1.165, 1.54) is 11.1 Å². The van der Waals surface area contributed by atoms with Gasteiger partial charge in [0, 0.05) is 0 Å². The van der Waals surface area contributed by atoms with Gasteiger partial charge < -0.3 is 10.2 Å². The van der Waals surface area contributed by atoms with Gasteiger partial charge in [-0.1, -0.05) is 19.9 Å². The van der Waals surface area contributed by atoms with Gasteiger partial charge in [-0.05, 0) is 78.0 Å². The van der Waals surface area contributed by atoms with Gasteiger partial charge in [0.1, 0.15) is 11.9 Å². The first kappa shape index (κ1) is 14.5. The molecular weight excluding hydrogens is 278 g/mol. The molecule has 3 aliphatic rings. The minimum Gasteiger partial charge on any atom is -0.508 e. The number of hydrogen-bond donors (Lipinski definition) is 2. The third-order valence-corrected chi connectivity index (χ3v) is 6.99. The molecule has 2 saturated carbocycles. The number of hydrogen-bond acceptors (Lipinski definition) is 2. The standard InChI is InChI=1S/C19H25FO2/c1-10-7-11-8-12(21)3-4-13(11)14-5-6-19(2)15(17(10)14)9-16(20)18(19)22/h3-4,8,10,14-18,21-22H,5-7,9H2,1-2H3/t10-,14-,15+,16+,17-,18+,19+/m1/s1/i20-1. The molecule has 0 radical (unpaired) electrons. The van der Waals surface area contributed by atoms with Crippen LogP contribution in [0.3, 0.4) is 0 Å². The molecule has 7 atom stereocenters. The second-order valence-corrected chi connectivity index (χ2v) is 8.10. The molecule has 3 heteroatoms. The van der Waals surface area contributed by atoms with Crippen molar-refractivity contribution in [1.82, 2.24) is 0 Å². The van der Waals surface area contributed by atoms with Crippen molar-refractivity contribution in [1.29, 1.82) is 0 Å². The Bertz CT molecular complexity index is 601. The van der Waals surface area contributed by atoms with E-state index in [1.54, 1.807) is 6.07 Å². The topological polar surface area (TPSA) is 40.5 Å². The number of halogens is 1. The van der Waals surface area contributed by atoms with Gasteiger partial charge in [-0.2, -0.15) is 0 Å². The van der Waals surface area contributed by atoms with Crippen molar-refractivity contribution < 1.29 is 14.6 Å². The van der Waals surface area contributed by atoms with E-state index >= 15 is 0 Å². The number of fused-ring (bicyclic) bond motifs is 5. The first-order chi connectivity index (χ1) is 10.4. The molecule has 4 rings (SSSR count). The molecule has 1 aromatic rings. The van der Waals surface area contributed by atoms with Crippen LogP contribution in [0.1, 0.15) is 50.2 Å². The first-order valence-corrected chi connectivity index (χ1v) is 8.55. The number of phenolic OH excluding ortho intramolecular Hbond substituents is 1. The molecule has 0 heterocycles. The lowest BCUT2D eigenvalue weighted by Crippen LogP contribution is -2.47. The molecule has 0 bridgehead atoms. The van der Waals surface area contributed by atoms with Crippen molar-refractivity contribution in [3.8, 4) is 5.75 Å². The van der Waals surface area contributed by atoms with Crippen LogP contribution < -0.4 is 0 Å². The molecule has 0 amide bonds. The van der Waals surface area contributed by atoms with Gasteiger partial charge >= 0.3 is 0 Å². The molecule has 120 valence electrons. The molecule has 0 aliphatic heterocycles. The molecule has 0 aromatic heterocycles. The summed E-state index contributed by atoms with van der Waals surface area (Å²) in [6, 6.07) is 5.74. The number of phenols is 1. The van der Waals surface area contributed by atoms with Crippen LogP contribution in [-0.4, -0.2) is 22.5 Å². The van der Waals surface area contributed by atoms with Gasteiger partial charge in [0.25, 0.3) is 0 Å². The summed E-state index contributed by atoms with van der Waals surface area (Å²) >= 11 is 0. The molecule has 0 saturated heterocycles. The molecule has 0 spiro atoms. The summed E-state index contributed by atoms with van der Waals surface area (Å²) in [4.78, 5) is 0. The van der Waals surface area contributed by atoms with E-state index in [-0.39, 0.29) is 11.3 Å². The molecule has 22 heavy (non-hydrogen) atoms. The fraction of sp³-hybridized carbons (Fsp3) is 0.684. The minimum absolute atomic E-state index is 0.261. The van der Waals surface area contributed by atoms with Crippen molar-refractivity contribution in [2.75, 3.05) is 0 Å². The Balaban J connectivity index is 1.76. The molecule has 3 aliphatic carbocycles. The number of aliphatic hydroxyl groups excluding tert-OH is 1. The van der Waals surface area contributed by atoms with Crippen molar-refractivity contribution in [2.45, 2.75) is 57.7 Å². The van der Waals surface area contributed by atoms with Gasteiger partial charge in [-0.3, -0.25) is 0 Å². The average Bonchev–Trinajstić information content (AvgIpc) is 2.70. The van der Waals surface area contributed by atoms with E-state index in [4.69, 9.17) is 0 Å². The molecular formula is C19H25FO2. The Morgan fingerprint density at radius 1 is 1.32 bits per heavy atom. The number of rotatable bonds is 0. The minimum atomic E-state index is -1.07. The maximum Gasteiger partial charge on any atom is 0.127 e. The van der Waals surface area contributed by atoms with Crippen LogP contribution in [0.4, 0.5) is 4.39 Å². The average molecular weight is 303 g/mol. The highest BCUT2D eigenvalue weighted by molar-refractivity contribution is 5.40. The number of alkyl halides is 1. The van der Waals surface area contributed by atoms with Crippen LogP contribution >= 0.6 is 0 Å². The van der Waals surface area contributed by atoms with Crippen LogP contribution in [0.5, 0.6) is 5.75 Å². The fourth-order valence-electron chi connectivity index (χ4n) is 5.91. The molecule has 0 unspecified atom stereocenters. The second kappa shape index (κ2) is 4.70. The number of aliphatic hydroxyl groups is 1. The van der Waals surface area contributed by atoms with E-state index in [2.05, 4.69) is 19.9 Å². The Labute approximate surface area is 131 Å². The molecule has 2 nitrogen and oxygen atoms in total. The Morgan fingerprint density at radius 2 is 2.09 bits per heavy atom. The van der Waals surface area contributed by atoms with Gasteiger partial charge in [-0.15, -0.1) is 0 Å². The van der Waals surface area contributed by atoms with Gasteiger partial charge in [0.15, 0.2) is 0 Å². The SMILES string of the molecule is C[C@@H]1Cc2cc(O)ccc2[C@H]2CC[C@]3(C)[C@@H](O)[C@@H]([18F])C[C@H]3[C@H]12. The van der Waals surface area contributed by atoms with Gasteiger partial charge in [-0.25, -0.2) is 4.39 Å². The van der Waals surface area contributed by atoms with E-state index in [9.17, 15) is 14.6 Å². The predicted molar refractivity (Wildman–Crippen MR) is 83.6 cm³/mol. The molecule has 2 fully saturated rings. The van der Waals surface area contributed by atoms with Gasteiger partial charge in [0.05, 0.1) is 6.10 Å². The lowest BCUT2D eigenvalue weighted by molar-refractivity contribution is -0.0464. The highest BCUT2D eigenvalue weighted by atomic mass is 18.2. The third kappa shape index (κ3) is 1.81. The van der Waals surface area contributed by atoms with Crippen molar-refractivity contribution in [3.63, 3.8) is 0 Å². The highest BCUT2D eigenvalue weighted by Crippen LogP contribution is 2.62. The van der Waals surface area contributed by atoms with Crippen molar-refractivity contribution in [3.05, 3.63) is 29.3 Å². The van der Waals surface area contributed by atoms with Crippen LogP contribution in [-0.2, 0) is 6.42 Å². The first-order valence-electron chi connectivity index (χ1n) is 8.55. The Kier molecular flexibility index (Phi) is 3.10. The van der Waals surface area contributed by atoms with Crippen molar-refractivity contribution >= 4 is 0 Å². The largest absolute Gasteiger partial charge is 0.508 e. The zero-order valence-corrected chi connectivity index (χ0v) is 13.3. The van der Waals surface area contributed by atoms with Crippen LogP contribution in [0, 0.1) is 23.2 Å². The maximum absolute atomic E-state index is 14.2. The summed E-state index contributed by atoms with van der Waals surface area (Å²) in [6.07, 6.45) is 1.51. The smallest absolute Gasteiger partial charge is 0.127 e. The molecule has 1 aromatic carbocycles. The lowest BCUT2D eigenvalue weighted by atomic mass is 9.53. The summed E-state index contributed by atoms with van der Waals surface area (Å²) in [6.45, 7) is 4.35. The fourth-order valence-corrected chi connectivity index (χ4v) is 5.91. The highest BCUT2D eigenvalue weighted by Gasteiger charge is 2.59. The zero-order valence-electron chi connectivity index (χ0n) is 13.3. The summed E-state index contributed by atoms with van der Waals surface area (Å²) in [7, 11) is 0. The van der Waals surface area contributed by atoms with E-state index in [1.807, 2.05) is 6.07 Å². The quantitative estimate of drug-likeness (QED) is 0.765. The number of benzene rings is 1. The Morgan fingerprint density at radius 3 is 2.86 bits per heavy atom. The van der Waals surface area contributed by atoms with E-state index < -0.39 is 12.3 Å². The zero-order chi connectivity index (χ0) is 15.6. The van der Waals surface area contributed by atoms with Crippen LogP contribution in [0.25, 0.3) is 0 Å². The normalized spacial score (nSPS) is 46.7. The predicted octanol–water partition coefficient (Wildman–Crippen LogP) is 3.80. The number of aromatic hydroxyl groups is 1. The summed E-state index contributed by atoms with van der Waals surface area (Å²) in [5.74, 6) is 1.99. The third-order valence-electron chi connectivity index (χ3n) is 6.99. The lowest BCUT2D eigenvalue weighted by Gasteiger charge is -2.52. The van der Waals surface area contributed by atoms with Gasteiger partial charge in [0.2, 0.25) is 0 Å². The van der Waals surface area contributed by atoms with E-state index in [0.717, 1.165) is 19.3 Å². The summed E-state index contributed by atoms with van der Waals surface area (Å²) < 4.78 is 14.2. The van der Waals surface area contributed by atoms with E-state index in [0.29, 0.717) is 29.9 Å². The summed E-state index contributed by atoms with van der Waals surface area (Å²) in [5, 5.41) is 20.1. The Hall–Kier alpha value is -1.09. The summed E-state index contributed by atoms with van der Waals surface area (Å²) in [5.41, 5.74) is 2.34. The maximum atomic E-state index is 14.2. The monoisotopic (exact) mass is 303 g/mol. The molecule has 2 N–H and O–H groups in total.